The van der Waals surface area contributed by atoms with Gasteiger partial charge in [-0.05, 0) is 57.5 Å². The van der Waals surface area contributed by atoms with Crippen molar-refractivity contribution in [1.29, 1.82) is 0 Å². The molecule has 6 heteroatoms. The Bertz CT molecular complexity index is 536. The summed E-state index contributed by atoms with van der Waals surface area (Å²) in [5.74, 6) is 0.362. The van der Waals surface area contributed by atoms with Crippen LogP contribution in [0, 0.1) is 11.7 Å². The molecule has 1 atom stereocenters. The lowest BCUT2D eigenvalue weighted by Crippen LogP contribution is -2.43. The van der Waals surface area contributed by atoms with Gasteiger partial charge in [0.2, 0.25) is 5.91 Å². The molecule has 1 amide bonds. The Morgan fingerprint density at radius 3 is 2.65 bits per heavy atom. The van der Waals surface area contributed by atoms with Crippen LogP contribution < -0.4 is 10.2 Å². The molecule has 128 valence electrons. The van der Waals surface area contributed by atoms with E-state index in [4.69, 9.17) is 0 Å². The van der Waals surface area contributed by atoms with Crippen molar-refractivity contribution in [3.05, 3.63) is 30.1 Å². The number of rotatable bonds is 4. The van der Waals surface area contributed by atoms with Crippen LogP contribution in [-0.2, 0) is 4.79 Å². The van der Waals surface area contributed by atoms with Crippen LogP contribution in [0.4, 0.5) is 10.1 Å². The van der Waals surface area contributed by atoms with Gasteiger partial charge in [-0.15, -0.1) is 12.4 Å². The average Bonchev–Trinajstić information content (AvgIpc) is 2.90. The maximum Gasteiger partial charge on any atom is 0.244 e. The van der Waals surface area contributed by atoms with Crippen molar-refractivity contribution in [1.82, 2.24) is 10.2 Å². The highest BCUT2D eigenvalue weighted by atomic mass is 35.5. The zero-order valence-electron chi connectivity index (χ0n) is 13.5. The second-order valence-electron chi connectivity index (χ2n) is 6.38. The molecule has 2 heterocycles. The second-order valence-corrected chi connectivity index (χ2v) is 6.38. The molecule has 0 bridgehead atoms. The molecule has 0 aromatic heterocycles. The van der Waals surface area contributed by atoms with Gasteiger partial charge >= 0.3 is 0 Å². The van der Waals surface area contributed by atoms with Crippen molar-refractivity contribution in [3.63, 3.8) is 0 Å². The minimum absolute atomic E-state index is 0. The van der Waals surface area contributed by atoms with E-state index in [1.165, 1.54) is 18.9 Å². The first-order chi connectivity index (χ1) is 10.7. The van der Waals surface area contributed by atoms with Crippen molar-refractivity contribution in [2.24, 2.45) is 5.92 Å². The smallest absolute Gasteiger partial charge is 0.244 e. The summed E-state index contributed by atoms with van der Waals surface area (Å²) in [7, 11) is 2.02. The SMILES string of the molecule is CN(CC1CCNCC1)C1CCN(c2ccccc2F)C1=O.Cl. The van der Waals surface area contributed by atoms with Gasteiger partial charge in [0, 0.05) is 13.1 Å². The summed E-state index contributed by atoms with van der Waals surface area (Å²) in [6.07, 6.45) is 3.11. The van der Waals surface area contributed by atoms with Crippen LogP contribution in [-0.4, -0.2) is 50.1 Å². The van der Waals surface area contributed by atoms with E-state index in [1.807, 2.05) is 7.05 Å². The second kappa shape index (κ2) is 8.08. The number of hydrogen-bond acceptors (Lipinski definition) is 3. The van der Waals surface area contributed by atoms with Crippen molar-refractivity contribution in [2.75, 3.05) is 38.1 Å². The predicted octanol–water partition coefficient (Wildman–Crippen LogP) is 2.28. The number of piperidine rings is 1. The van der Waals surface area contributed by atoms with Gasteiger partial charge in [0.1, 0.15) is 5.82 Å². The third kappa shape index (κ3) is 4.03. The Hall–Kier alpha value is -1.17. The Morgan fingerprint density at radius 1 is 1.26 bits per heavy atom. The first-order valence-electron chi connectivity index (χ1n) is 8.13. The molecule has 23 heavy (non-hydrogen) atoms. The first-order valence-corrected chi connectivity index (χ1v) is 8.13. The van der Waals surface area contributed by atoms with Crippen LogP contribution in [0.25, 0.3) is 0 Å². The molecule has 0 spiro atoms. The van der Waals surface area contributed by atoms with Gasteiger partial charge in [0.05, 0.1) is 11.7 Å². The fourth-order valence-electron chi connectivity index (χ4n) is 3.58. The largest absolute Gasteiger partial charge is 0.317 e. The lowest BCUT2D eigenvalue weighted by Gasteiger charge is -2.30. The molecule has 1 unspecified atom stereocenters. The highest BCUT2D eigenvalue weighted by molar-refractivity contribution is 5.99. The minimum Gasteiger partial charge on any atom is -0.317 e. The third-order valence-electron chi connectivity index (χ3n) is 4.86. The number of carbonyl (C=O) groups is 1. The number of hydrogen-bond donors (Lipinski definition) is 1. The van der Waals surface area contributed by atoms with Crippen molar-refractivity contribution >= 4 is 24.0 Å². The number of halogens is 2. The molecule has 1 aromatic carbocycles. The molecule has 0 radical (unpaired) electrons. The molecule has 4 nitrogen and oxygen atoms in total. The number of nitrogens with zero attached hydrogens (tertiary/aromatic N) is 2. The first kappa shape index (κ1) is 18.2. The summed E-state index contributed by atoms with van der Waals surface area (Å²) in [5, 5.41) is 3.37. The molecule has 0 aliphatic carbocycles. The Morgan fingerprint density at radius 2 is 1.96 bits per heavy atom. The number of para-hydroxylation sites is 1. The van der Waals surface area contributed by atoms with Crippen molar-refractivity contribution < 1.29 is 9.18 Å². The zero-order chi connectivity index (χ0) is 15.5. The maximum atomic E-state index is 13.9. The Balaban J connectivity index is 0.00000192. The van der Waals surface area contributed by atoms with Crippen LogP contribution in [0.2, 0.25) is 0 Å². The fourth-order valence-corrected chi connectivity index (χ4v) is 3.58. The molecule has 3 rings (SSSR count). The lowest BCUT2D eigenvalue weighted by molar-refractivity contribution is -0.121. The van der Waals surface area contributed by atoms with Gasteiger partial charge in [0.15, 0.2) is 0 Å². The van der Waals surface area contributed by atoms with E-state index >= 15 is 0 Å². The van der Waals surface area contributed by atoms with E-state index in [9.17, 15) is 9.18 Å². The molecule has 1 aromatic rings. The van der Waals surface area contributed by atoms with E-state index in [-0.39, 0.29) is 30.2 Å². The summed E-state index contributed by atoms with van der Waals surface area (Å²) >= 11 is 0. The molecule has 2 aliphatic heterocycles. The fraction of sp³-hybridized carbons (Fsp3) is 0.588. The van der Waals surface area contributed by atoms with Gasteiger partial charge in [-0.3, -0.25) is 9.69 Å². The zero-order valence-corrected chi connectivity index (χ0v) is 14.3. The van der Waals surface area contributed by atoms with Gasteiger partial charge in [0.25, 0.3) is 0 Å². The summed E-state index contributed by atoms with van der Waals surface area (Å²) in [4.78, 5) is 16.4. The summed E-state index contributed by atoms with van der Waals surface area (Å²) in [5.41, 5.74) is 0.408. The van der Waals surface area contributed by atoms with Crippen LogP contribution in [0.15, 0.2) is 24.3 Å². The topological polar surface area (TPSA) is 35.6 Å². The third-order valence-corrected chi connectivity index (χ3v) is 4.86. The van der Waals surface area contributed by atoms with Crippen molar-refractivity contribution in [2.45, 2.75) is 25.3 Å². The quantitative estimate of drug-likeness (QED) is 0.912. The number of likely N-dealkylation sites (N-methyl/N-ethyl adjacent to an activating group) is 1. The number of anilines is 1. The van der Waals surface area contributed by atoms with E-state index in [2.05, 4.69) is 10.2 Å². The highest BCUT2D eigenvalue weighted by Crippen LogP contribution is 2.27. The molecule has 2 fully saturated rings. The van der Waals surface area contributed by atoms with Gasteiger partial charge in [-0.1, -0.05) is 12.1 Å². The van der Waals surface area contributed by atoms with Crippen LogP contribution in [0.5, 0.6) is 0 Å². The van der Waals surface area contributed by atoms with Crippen LogP contribution in [0.1, 0.15) is 19.3 Å². The number of carbonyl (C=O) groups excluding carboxylic acids is 1. The summed E-state index contributed by atoms with van der Waals surface area (Å²) in [6, 6.07) is 6.41. The maximum absolute atomic E-state index is 13.9. The molecular formula is C17H25ClFN3O. The standard InChI is InChI=1S/C17H24FN3O.ClH/c1-20(12-13-6-9-19-10-7-13)16-8-11-21(17(16)22)15-5-3-2-4-14(15)18;/h2-5,13,16,19H,6-12H2,1H3;1H. The van der Waals surface area contributed by atoms with Crippen molar-refractivity contribution in [3.8, 4) is 0 Å². The highest BCUT2D eigenvalue weighted by Gasteiger charge is 2.36. The summed E-state index contributed by atoms with van der Waals surface area (Å²) < 4.78 is 13.9. The average molecular weight is 342 g/mol. The predicted molar refractivity (Wildman–Crippen MR) is 92.6 cm³/mol. The van der Waals surface area contributed by atoms with Gasteiger partial charge in [-0.2, -0.15) is 0 Å². The Kier molecular flexibility index (Phi) is 6.39. The number of benzene rings is 1. The van der Waals surface area contributed by atoms with E-state index in [0.717, 1.165) is 26.1 Å². The van der Waals surface area contributed by atoms with Gasteiger partial charge < -0.3 is 10.2 Å². The number of amides is 1. The molecule has 0 saturated carbocycles. The normalized spacial score (nSPS) is 22.5. The molecular weight excluding hydrogens is 317 g/mol. The molecule has 2 aliphatic rings. The minimum atomic E-state index is -0.322. The van der Waals surface area contributed by atoms with Crippen LogP contribution in [0.3, 0.4) is 0 Å². The molecule has 1 N–H and O–H groups in total. The Labute approximate surface area is 143 Å². The number of nitrogens with one attached hydrogen (secondary N) is 1. The summed E-state index contributed by atoms with van der Waals surface area (Å²) in [6.45, 7) is 3.68. The van der Waals surface area contributed by atoms with E-state index in [1.54, 1.807) is 23.1 Å². The monoisotopic (exact) mass is 341 g/mol. The van der Waals surface area contributed by atoms with E-state index in [0.29, 0.717) is 18.2 Å². The van der Waals surface area contributed by atoms with Gasteiger partial charge in [-0.25, -0.2) is 4.39 Å². The van der Waals surface area contributed by atoms with Crippen LogP contribution >= 0.6 is 12.4 Å². The molecule has 2 saturated heterocycles. The lowest BCUT2D eigenvalue weighted by atomic mass is 9.97. The van der Waals surface area contributed by atoms with E-state index < -0.39 is 0 Å².